The minimum atomic E-state index is -0.826. The number of amides is 3. The number of hydrogen-bond acceptors (Lipinski definition) is 5. The van der Waals surface area contributed by atoms with Crippen LogP contribution >= 0.6 is 0 Å². The fourth-order valence-corrected chi connectivity index (χ4v) is 3.87. The second-order valence-electron chi connectivity index (χ2n) is 9.02. The first kappa shape index (κ1) is 29.6. The minimum absolute atomic E-state index is 0.0264. The number of hydrogen-bond donors (Lipinski definition) is 4. The molecule has 3 amide bonds. The van der Waals surface area contributed by atoms with Crippen molar-refractivity contribution in [3.05, 3.63) is 84.7 Å². The van der Waals surface area contributed by atoms with Gasteiger partial charge in [0.2, 0.25) is 17.7 Å². The minimum Gasteiger partial charge on any atom is -0.492 e. The first-order chi connectivity index (χ1) is 17.8. The molecule has 0 saturated carbocycles. The van der Waals surface area contributed by atoms with E-state index in [2.05, 4.69) is 34.4 Å². The van der Waals surface area contributed by atoms with Gasteiger partial charge >= 0.3 is 0 Å². The first-order valence-corrected chi connectivity index (χ1v) is 12.7. The van der Waals surface area contributed by atoms with Crippen molar-refractivity contribution in [1.29, 1.82) is 0 Å². The second-order valence-corrected chi connectivity index (χ2v) is 9.02. The molecule has 0 bridgehead atoms. The van der Waals surface area contributed by atoms with Crippen LogP contribution in [0, 0.1) is 5.92 Å². The normalized spacial score (nSPS) is 26.2. The van der Waals surface area contributed by atoms with E-state index in [4.69, 9.17) is 4.74 Å². The lowest BCUT2D eigenvalue weighted by molar-refractivity contribution is -0.132. The Labute approximate surface area is 220 Å². The van der Waals surface area contributed by atoms with Gasteiger partial charge in [-0.15, -0.1) is 0 Å². The molecule has 0 fully saturated rings. The molecular formula is C29H40N4O4. The van der Waals surface area contributed by atoms with Crippen LogP contribution in [0.1, 0.15) is 32.8 Å². The van der Waals surface area contributed by atoms with Crippen LogP contribution in [0.25, 0.3) is 0 Å². The Hall–Kier alpha value is -3.65. The van der Waals surface area contributed by atoms with Gasteiger partial charge in [0.1, 0.15) is 24.4 Å². The highest BCUT2D eigenvalue weighted by Gasteiger charge is 2.28. The zero-order valence-electron chi connectivity index (χ0n) is 22.1. The van der Waals surface area contributed by atoms with Gasteiger partial charge in [0.05, 0.1) is 6.04 Å². The first-order valence-electron chi connectivity index (χ1n) is 12.7. The molecule has 0 saturated heterocycles. The fraction of sp³-hybridized carbons (Fsp3) is 0.414. The third kappa shape index (κ3) is 9.38. The van der Waals surface area contributed by atoms with Crippen molar-refractivity contribution in [2.45, 2.75) is 51.7 Å². The van der Waals surface area contributed by atoms with Gasteiger partial charge in [0, 0.05) is 25.1 Å². The maximum Gasteiger partial charge on any atom is 0.243 e. The third-order valence-electron chi connectivity index (χ3n) is 6.27. The number of carbonyl (C=O) groups is 3. The van der Waals surface area contributed by atoms with Crippen LogP contribution < -0.4 is 21.3 Å². The van der Waals surface area contributed by atoms with E-state index in [1.807, 2.05) is 44.2 Å². The fourth-order valence-electron chi connectivity index (χ4n) is 3.87. The molecule has 8 heteroatoms. The average molecular weight is 509 g/mol. The Balaban J connectivity index is 2.34. The van der Waals surface area contributed by atoms with E-state index in [0.29, 0.717) is 30.9 Å². The van der Waals surface area contributed by atoms with Crippen molar-refractivity contribution < 1.29 is 19.1 Å². The predicted octanol–water partition coefficient (Wildman–Crippen LogP) is 2.55. The Bertz CT molecular complexity index is 1000. The highest BCUT2D eigenvalue weighted by molar-refractivity contribution is 5.93. The lowest BCUT2D eigenvalue weighted by atomic mass is 9.98. The summed E-state index contributed by atoms with van der Waals surface area (Å²) in [5.41, 5.74) is 1.62. The third-order valence-corrected chi connectivity index (χ3v) is 6.27. The molecule has 4 N–H and O–H groups in total. The smallest absolute Gasteiger partial charge is 0.243 e. The van der Waals surface area contributed by atoms with Crippen molar-refractivity contribution in [2.24, 2.45) is 5.92 Å². The summed E-state index contributed by atoms with van der Waals surface area (Å²) in [6.45, 7) is 14.2. The molecule has 1 aromatic carbocycles. The summed E-state index contributed by atoms with van der Waals surface area (Å²) < 4.78 is 5.87. The molecule has 1 heterocycles. The Kier molecular flexibility index (Phi) is 12.4. The van der Waals surface area contributed by atoms with Crippen molar-refractivity contribution in [3.8, 4) is 0 Å². The molecule has 2 rings (SSSR count). The number of allylic oxidation sites excluding steroid dienone is 4. The van der Waals surface area contributed by atoms with Crippen LogP contribution in [0.4, 0.5) is 0 Å². The average Bonchev–Trinajstić information content (AvgIpc) is 2.90. The Morgan fingerprint density at radius 1 is 1.05 bits per heavy atom. The van der Waals surface area contributed by atoms with E-state index in [1.54, 1.807) is 31.2 Å². The summed E-state index contributed by atoms with van der Waals surface area (Å²) in [6, 6.07) is 7.30. The molecule has 200 valence electrons. The van der Waals surface area contributed by atoms with Crippen LogP contribution in [0.3, 0.4) is 0 Å². The standard InChI is InChI=1S/C29H40N4O4/c1-6-20(4)26-29(36)32-21(5)27(34)33-24(19-22-13-10-9-11-14-22)28(35)31-16-12-15-23(7-2)25(8-3)37-18-17-30-26/h7-15,20-21,24,26,30H,2-3,6,16-19H2,1,4-5H3,(H,31,35)(H,32,36)(H,33,34)/b15-12+,25-23-/t20?,21-,24+,26?/m1/s1. The van der Waals surface area contributed by atoms with Gasteiger partial charge in [-0.05, 0) is 24.5 Å². The van der Waals surface area contributed by atoms with Crippen LogP contribution in [0.5, 0.6) is 0 Å². The van der Waals surface area contributed by atoms with Crippen LogP contribution in [0.2, 0.25) is 0 Å². The summed E-state index contributed by atoms with van der Waals surface area (Å²) in [6.07, 6.45) is 7.91. The van der Waals surface area contributed by atoms with Gasteiger partial charge in [0.15, 0.2) is 0 Å². The number of carbonyl (C=O) groups excluding carboxylic acids is 3. The summed E-state index contributed by atoms with van der Waals surface area (Å²) in [7, 11) is 0. The molecule has 0 aromatic heterocycles. The van der Waals surface area contributed by atoms with Gasteiger partial charge in [-0.25, -0.2) is 0 Å². The van der Waals surface area contributed by atoms with Crippen molar-refractivity contribution in [1.82, 2.24) is 21.3 Å². The van der Waals surface area contributed by atoms with E-state index in [0.717, 1.165) is 12.0 Å². The summed E-state index contributed by atoms with van der Waals surface area (Å²) in [5, 5.41) is 11.7. The lowest BCUT2D eigenvalue weighted by Gasteiger charge is -2.26. The molecule has 1 aromatic rings. The predicted molar refractivity (Wildman–Crippen MR) is 146 cm³/mol. The summed E-state index contributed by atoms with van der Waals surface area (Å²) in [5.74, 6) is -0.465. The SMILES string of the molecule is C=CC1=C(\C=C)OCCNC(C(C)CC)C(=O)N[C@H](C)C(=O)N[C@@H](Cc2ccccc2)C(=O)NC\C=C\1. The summed E-state index contributed by atoms with van der Waals surface area (Å²) in [4.78, 5) is 39.2. The lowest BCUT2D eigenvalue weighted by Crippen LogP contribution is -2.57. The van der Waals surface area contributed by atoms with E-state index in [-0.39, 0.29) is 24.3 Å². The van der Waals surface area contributed by atoms with Gasteiger partial charge < -0.3 is 26.0 Å². The van der Waals surface area contributed by atoms with E-state index in [9.17, 15) is 14.4 Å². The van der Waals surface area contributed by atoms with E-state index < -0.39 is 24.0 Å². The van der Waals surface area contributed by atoms with Gasteiger partial charge in [0.25, 0.3) is 0 Å². The maximum atomic E-state index is 13.1. The Morgan fingerprint density at radius 3 is 2.43 bits per heavy atom. The largest absolute Gasteiger partial charge is 0.492 e. The number of rotatable bonds is 6. The van der Waals surface area contributed by atoms with Gasteiger partial charge in [-0.3, -0.25) is 14.4 Å². The molecule has 1 aliphatic rings. The maximum absolute atomic E-state index is 13.1. The van der Waals surface area contributed by atoms with Gasteiger partial charge in [-0.1, -0.05) is 82.0 Å². The van der Waals surface area contributed by atoms with Crippen molar-refractivity contribution in [2.75, 3.05) is 19.7 Å². The molecular weight excluding hydrogens is 468 g/mol. The zero-order valence-corrected chi connectivity index (χ0v) is 22.1. The number of ether oxygens (including phenoxy) is 1. The van der Waals surface area contributed by atoms with Crippen LogP contribution in [-0.2, 0) is 25.5 Å². The highest BCUT2D eigenvalue weighted by Crippen LogP contribution is 2.12. The second kappa shape index (κ2) is 15.5. The highest BCUT2D eigenvalue weighted by atomic mass is 16.5. The molecule has 0 radical (unpaired) electrons. The zero-order chi connectivity index (χ0) is 27.2. The van der Waals surface area contributed by atoms with E-state index >= 15 is 0 Å². The Morgan fingerprint density at radius 2 is 1.78 bits per heavy atom. The quantitative estimate of drug-likeness (QED) is 0.472. The molecule has 1 aliphatic heterocycles. The number of benzene rings is 1. The van der Waals surface area contributed by atoms with Crippen LogP contribution in [0.15, 0.2) is 79.1 Å². The van der Waals surface area contributed by atoms with Gasteiger partial charge in [-0.2, -0.15) is 0 Å². The molecule has 0 spiro atoms. The molecule has 8 nitrogen and oxygen atoms in total. The van der Waals surface area contributed by atoms with E-state index in [1.165, 1.54) is 0 Å². The molecule has 37 heavy (non-hydrogen) atoms. The number of nitrogens with one attached hydrogen (secondary N) is 4. The summed E-state index contributed by atoms with van der Waals surface area (Å²) >= 11 is 0. The topological polar surface area (TPSA) is 109 Å². The van der Waals surface area contributed by atoms with Crippen molar-refractivity contribution >= 4 is 17.7 Å². The molecule has 2 unspecified atom stereocenters. The monoisotopic (exact) mass is 508 g/mol. The molecule has 0 aliphatic carbocycles. The van der Waals surface area contributed by atoms with Crippen LogP contribution in [-0.4, -0.2) is 55.5 Å². The van der Waals surface area contributed by atoms with Crippen molar-refractivity contribution in [3.63, 3.8) is 0 Å². The molecule has 4 atom stereocenters.